The lowest BCUT2D eigenvalue weighted by atomic mass is 10.0. The summed E-state index contributed by atoms with van der Waals surface area (Å²) in [5.74, 6) is -2.90. The van der Waals surface area contributed by atoms with Gasteiger partial charge in [-0.15, -0.1) is 0 Å². The Labute approximate surface area is 179 Å². The first-order chi connectivity index (χ1) is 14.9. The number of amides is 3. The van der Waals surface area contributed by atoms with Crippen molar-refractivity contribution in [3.8, 4) is 0 Å². The van der Waals surface area contributed by atoms with E-state index in [0.717, 1.165) is 30.5 Å². The minimum atomic E-state index is -0.944. The van der Waals surface area contributed by atoms with Crippen LogP contribution in [0.5, 0.6) is 0 Å². The highest BCUT2D eigenvalue weighted by Crippen LogP contribution is 2.19. The Hall–Kier alpha value is -3.29. The molecule has 1 unspecified atom stereocenters. The van der Waals surface area contributed by atoms with Crippen LogP contribution in [0.1, 0.15) is 41.6 Å². The van der Waals surface area contributed by atoms with Crippen LogP contribution in [-0.2, 0) is 16.0 Å². The molecule has 0 heterocycles. The summed E-state index contributed by atoms with van der Waals surface area (Å²) in [7, 11) is 0. The molecule has 0 radical (unpaired) electrons. The van der Waals surface area contributed by atoms with Gasteiger partial charge in [0.05, 0.1) is 5.56 Å². The zero-order chi connectivity index (χ0) is 22.2. The molecule has 3 N–H and O–H groups in total. The molecule has 0 saturated heterocycles. The fourth-order valence-electron chi connectivity index (χ4n) is 3.07. The molecule has 1 saturated carbocycles. The summed E-state index contributed by atoms with van der Waals surface area (Å²) in [4.78, 5) is 36.8. The number of carbonyl (C=O) groups is 3. The van der Waals surface area contributed by atoms with Crippen LogP contribution in [0.15, 0.2) is 48.5 Å². The van der Waals surface area contributed by atoms with Gasteiger partial charge in [0, 0.05) is 31.5 Å². The van der Waals surface area contributed by atoms with Crippen molar-refractivity contribution in [2.24, 2.45) is 0 Å². The Morgan fingerprint density at radius 1 is 1.03 bits per heavy atom. The maximum absolute atomic E-state index is 13.6. The molecule has 2 aromatic rings. The third-order valence-corrected chi connectivity index (χ3v) is 4.90. The molecule has 0 aliphatic heterocycles. The first kappa shape index (κ1) is 22.4. The molecule has 0 bridgehead atoms. The molecule has 6 nitrogen and oxygen atoms in total. The number of halogens is 2. The third kappa shape index (κ3) is 7.16. The molecule has 1 aliphatic carbocycles. The zero-order valence-electron chi connectivity index (χ0n) is 17.0. The van der Waals surface area contributed by atoms with Crippen LogP contribution >= 0.6 is 0 Å². The van der Waals surface area contributed by atoms with Crippen molar-refractivity contribution < 1.29 is 23.2 Å². The van der Waals surface area contributed by atoms with E-state index in [1.54, 1.807) is 0 Å². The van der Waals surface area contributed by atoms with E-state index in [1.807, 2.05) is 30.3 Å². The molecule has 0 spiro atoms. The monoisotopic (exact) mass is 429 g/mol. The summed E-state index contributed by atoms with van der Waals surface area (Å²) in [5.41, 5.74) is 0.679. The van der Waals surface area contributed by atoms with Crippen LogP contribution in [0.4, 0.5) is 8.78 Å². The lowest BCUT2D eigenvalue weighted by Gasteiger charge is -2.18. The van der Waals surface area contributed by atoms with E-state index in [-0.39, 0.29) is 36.4 Å². The standard InChI is InChI=1S/C23H25F2N3O3/c24-16-8-11-18(19(25)14-16)22(30)26-12-4-7-21(29)28-20(23(31)27-17-9-10-17)13-15-5-2-1-3-6-15/h1-3,5-6,8,11,14,17,20H,4,7,9-10,12-13H2,(H,26,30)(H,27,31)(H,28,29). The molecule has 164 valence electrons. The van der Waals surface area contributed by atoms with Crippen LogP contribution in [0, 0.1) is 11.6 Å². The highest BCUT2D eigenvalue weighted by Gasteiger charge is 2.28. The Balaban J connectivity index is 1.46. The minimum absolute atomic E-state index is 0.0914. The minimum Gasteiger partial charge on any atom is -0.352 e. The van der Waals surface area contributed by atoms with Crippen molar-refractivity contribution >= 4 is 17.7 Å². The van der Waals surface area contributed by atoms with Crippen molar-refractivity contribution in [3.63, 3.8) is 0 Å². The van der Waals surface area contributed by atoms with Gasteiger partial charge in [0.25, 0.3) is 5.91 Å². The van der Waals surface area contributed by atoms with Crippen molar-refractivity contribution in [2.45, 2.75) is 44.2 Å². The summed E-state index contributed by atoms with van der Waals surface area (Å²) < 4.78 is 26.6. The number of rotatable bonds is 10. The summed E-state index contributed by atoms with van der Waals surface area (Å²) in [5, 5.41) is 8.19. The molecule has 3 amide bonds. The largest absolute Gasteiger partial charge is 0.352 e. The van der Waals surface area contributed by atoms with Crippen molar-refractivity contribution in [1.29, 1.82) is 0 Å². The Bertz CT molecular complexity index is 933. The normalized spacial score (nSPS) is 13.9. The third-order valence-electron chi connectivity index (χ3n) is 4.90. The Morgan fingerprint density at radius 2 is 1.77 bits per heavy atom. The smallest absolute Gasteiger partial charge is 0.254 e. The van der Waals surface area contributed by atoms with E-state index in [9.17, 15) is 23.2 Å². The van der Waals surface area contributed by atoms with E-state index in [1.165, 1.54) is 0 Å². The van der Waals surface area contributed by atoms with Crippen molar-refractivity contribution in [2.75, 3.05) is 6.54 Å². The number of carbonyl (C=O) groups excluding carboxylic acids is 3. The van der Waals surface area contributed by atoms with Crippen LogP contribution in [0.25, 0.3) is 0 Å². The quantitative estimate of drug-likeness (QED) is 0.507. The SMILES string of the molecule is O=C(CCCNC(=O)c1ccc(F)cc1F)NC(Cc1ccccc1)C(=O)NC1CC1. The number of hydrogen-bond acceptors (Lipinski definition) is 3. The second-order valence-electron chi connectivity index (χ2n) is 7.58. The molecule has 0 aromatic heterocycles. The molecular weight excluding hydrogens is 404 g/mol. The van der Waals surface area contributed by atoms with E-state index in [2.05, 4.69) is 16.0 Å². The average molecular weight is 429 g/mol. The summed E-state index contributed by atoms with van der Waals surface area (Å²) in [6.45, 7) is 0.140. The second-order valence-corrected chi connectivity index (χ2v) is 7.58. The predicted octanol–water partition coefficient (Wildman–Crippen LogP) is 2.48. The van der Waals surface area contributed by atoms with Gasteiger partial charge < -0.3 is 16.0 Å². The highest BCUT2D eigenvalue weighted by atomic mass is 19.1. The highest BCUT2D eigenvalue weighted by molar-refractivity contribution is 5.94. The van der Waals surface area contributed by atoms with Gasteiger partial charge in [-0.05, 0) is 37.0 Å². The lowest BCUT2D eigenvalue weighted by molar-refractivity contribution is -0.129. The summed E-state index contributed by atoms with van der Waals surface area (Å²) >= 11 is 0. The molecule has 1 fully saturated rings. The fourth-order valence-corrected chi connectivity index (χ4v) is 3.07. The van der Waals surface area contributed by atoms with Crippen LogP contribution in [-0.4, -0.2) is 36.3 Å². The van der Waals surface area contributed by atoms with Crippen LogP contribution in [0.3, 0.4) is 0 Å². The predicted molar refractivity (Wildman–Crippen MR) is 111 cm³/mol. The van der Waals surface area contributed by atoms with Crippen LogP contribution < -0.4 is 16.0 Å². The molecule has 2 aromatic carbocycles. The Kier molecular flexibility index (Phi) is 7.70. The van der Waals surface area contributed by atoms with Gasteiger partial charge in [-0.25, -0.2) is 8.78 Å². The molecular formula is C23H25F2N3O3. The first-order valence-electron chi connectivity index (χ1n) is 10.3. The van der Waals surface area contributed by atoms with Gasteiger partial charge in [-0.1, -0.05) is 30.3 Å². The fraction of sp³-hybridized carbons (Fsp3) is 0.348. The van der Waals surface area contributed by atoms with E-state index < -0.39 is 23.6 Å². The van der Waals surface area contributed by atoms with Crippen molar-refractivity contribution in [1.82, 2.24) is 16.0 Å². The molecule has 3 rings (SSSR count). The maximum Gasteiger partial charge on any atom is 0.254 e. The first-order valence-corrected chi connectivity index (χ1v) is 10.3. The maximum atomic E-state index is 13.6. The van der Waals surface area contributed by atoms with E-state index in [0.29, 0.717) is 18.9 Å². The average Bonchev–Trinajstić information content (AvgIpc) is 3.55. The molecule has 1 aliphatic rings. The summed E-state index contributed by atoms with van der Waals surface area (Å²) in [6, 6.07) is 11.6. The van der Waals surface area contributed by atoms with Gasteiger partial charge >= 0.3 is 0 Å². The van der Waals surface area contributed by atoms with E-state index in [4.69, 9.17) is 0 Å². The van der Waals surface area contributed by atoms with E-state index >= 15 is 0 Å². The summed E-state index contributed by atoms with van der Waals surface area (Å²) in [6.07, 6.45) is 2.68. The lowest BCUT2D eigenvalue weighted by Crippen LogP contribution is -2.48. The van der Waals surface area contributed by atoms with Crippen molar-refractivity contribution in [3.05, 3.63) is 71.3 Å². The number of hydrogen-bond donors (Lipinski definition) is 3. The Morgan fingerprint density at radius 3 is 2.45 bits per heavy atom. The van der Waals surface area contributed by atoms with Gasteiger partial charge in [-0.2, -0.15) is 0 Å². The van der Waals surface area contributed by atoms with Gasteiger partial charge in [-0.3, -0.25) is 14.4 Å². The van der Waals surface area contributed by atoms with Gasteiger partial charge in [0.15, 0.2) is 0 Å². The topological polar surface area (TPSA) is 87.3 Å². The van der Waals surface area contributed by atoms with Gasteiger partial charge in [0.2, 0.25) is 11.8 Å². The zero-order valence-corrected chi connectivity index (χ0v) is 17.0. The molecule has 1 atom stereocenters. The number of benzene rings is 2. The molecule has 31 heavy (non-hydrogen) atoms. The second kappa shape index (κ2) is 10.7. The van der Waals surface area contributed by atoms with Crippen LogP contribution in [0.2, 0.25) is 0 Å². The molecule has 8 heteroatoms. The number of nitrogens with one attached hydrogen (secondary N) is 3. The van der Waals surface area contributed by atoms with Gasteiger partial charge in [0.1, 0.15) is 17.7 Å².